The molecule has 0 unspecified atom stereocenters. The number of thioether (sulfide) groups is 1. The van der Waals surface area contributed by atoms with Crippen molar-refractivity contribution in [2.45, 2.75) is 18.6 Å². The Hall–Kier alpha value is -2.81. The molecule has 0 aliphatic rings. The molecule has 0 radical (unpaired) electrons. The highest BCUT2D eigenvalue weighted by molar-refractivity contribution is 7.99. The fourth-order valence-electron chi connectivity index (χ4n) is 1.98. The molecule has 138 valence electrons. The van der Waals surface area contributed by atoms with Crippen molar-refractivity contribution in [1.29, 1.82) is 0 Å². The first-order valence-corrected chi connectivity index (χ1v) is 8.84. The molecular formula is C17H20N4O4S. The first kappa shape index (κ1) is 19.5. The second kappa shape index (κ2) is 9.62. The second-order valence-electron chi connectivity index (χ2n) is 5.09. The molecule has 0 fully saturated rings. The quantitative estimate of drug-likeness (QED) is 0.406. The SMILES string of the molecule is CCOC(=O)c1cnc(SCC(=O)NCc2cccc(OC)c2)nc1N. The van der Waals surface area contributed by atoms with E-state index >= 15 is 0 Å². The normalized spacial score (nSPS) is 10.2. The van der Waals surface area contributed by atoms with Crippen LogP contribution in [0.1, 0.15) is 22.8 Å². The number of nitrogens with zero attached hydrogens (tertiary/aromatic N) is 2. The van der Waals surface area contributed by atoms with E-state index in [1.807, 2.05) is 24.3 Å². The number of nitrogens with one attached hydrogen (secondary N) is 1. The molecule has 0 spiro atoms. The van der Waals surface area contributed by atoms with Crippen LogP contribution < -0.4 is 15.8 Å². The van der Waals surface area contributed by atoms with Crippen LogP contribution in [0.4, 0.5) is 5.82 Å². The molecule has 1 aromatic heterocycles. The summed E-state index contributed by atoms with van der Waals surface area (Å²) in [6, 6.07) is 7.44. The third kappa shape index (κ3) is 5.62. The van der Waals surface area contributed by atoms with Gasteiger partial charge in [-0.1, -0.05) is 23.9 Å². The van der Waals surface area contributed by atoms with E-state index in [1.54, 1.807) is 14.0 Å². The summed E-state index contributed by atoms with van der Waals surface area (Å²) >= 11 is 1.13. The second-order valence-corrected chi connectivity index (χ2v) is 6.03. The topological polar surface area (TPSA) is 116 Å². The van der Waals surface area contributed by atoms with E-state index in [9.17, 15) is 9.59 Å². The van der Waals surface area contributed by atoms with Crippen LogP contribution in [0.5, 0.6) is 5.75 Å². The van der Waals surface area contributed by atoms with E-state index in [0.717, 1.165) is 23.1 Å². The number of nitrogen functional groups attached to an aromatic ring is 1. The van der Waals surface area contributed by atoms with Crippen LogP contribution in [-0.2, 0) is 16.1 Å². The number of methoxy groups -OCH3 is 1. The Balaban J connectivity index is 1.85. The van der Waals surface area contributed by atoms with Gasteiger partial charge in [0.1, 0.15) is 17.1 Å². The van der Waals surface area contributed by atoms with Gasteiger partial charge in [0.05, 0.1) is 19.5 Å². The first-order valence-electron chi connectivity index (χ1n) is 7.85. The minimum atomic E-state index is -0.572. The summed E-state index contributed by atoms with van der Waals surface area (Å²) in [6.07, 6.45) is 1.30. The lowest BCUT2D eigenvalue weighted by molar-refractivity contribution is -0.118. The van der Waals surface area contributed by atoms with Crippen molar-refractivity contribution in [3.05, 3.63) is 41.6 Å². The Morgan fingerprint density at radius 1 is 1.35 bits per heavy atom. The van der Waals surface area contributed by atoms with Crippen LogP contribution in [0.25, 0.3) is 0 Å². The van der Waals surface area contributed by atoms with Crippen LogP contribution in [0.15, 0.2) is 35.6 Å². The van der Waals surface area contributed by atoms with Gasteiger partial charge in [-0.2, -0.15) is 0 Å². The van der Waals surface area contributed by atoms with Crippen molar-refractivity contribution >= 4 is 29.5 Å². The van der Waals surface area contributed by atoms with Gasteiger partial charge < -0.3 is 20.5 Å². The van der Waals surface area contributed by atoms with Crippen molar-refractivity contribution in [3.63, 3.8) is 0 Å². The largest absolute Gasteiger partial charge is 0.497 e. The smallest absolute Gasteiger partial charge is 0.343 e. The van der Waals surface area contributed by atoms with E-state index in [4.69, 9.17) is 15.2 Å². The van der Waals surface area contributed by atoms with E-state index in [2.05, 4.69) is 15.3 Å². The van der Waals surface area contributed by atoms with Crippen molar-refractivity contribution < 1.29 is 19.1 Å². The lowest BCUT2D eigenvalue weighted by Gasteiger charge is -2.07. The fourth-order valence-corrected chi connectivity index (χ4v) is 2.63. The molecule has 0 atom stereocenters. The van der Waals surface area contributed by atoms with Gasteiger partial charge in [-0.05, 0) is 24.6 Å². The Morgan fingerprint density at radius 3 is 2.85 bits per heavy atom. The summed E-state index contributed by atoms with van der Waals surface area (Å²) in [6.45, 7) is 2.33. The van der Waals surface area contributed by atoms with Gasteiger partial charge in [0.15, 0.2) is 5.16 Å². The average Bonchev–Trinajstić information content (AvgIpc) is 2.65. The van der Waals surface area contributed by atoms with Crippen LogP contribution in [0.3, 0.4) is 0 Å². The minimum Gasteiger partial charge on any atom is -0.497 e. The zero-order chi connectivity index (χ0) is 18.9. The lowest BCUT2D eigenvalue weighted by atomic mass is 10.2. The number of nitrogens with two attached hydrogens (primary N) is 1. The number of amides is 1. The van der Waals surface area contributed by atoms with Crippen LogP contribution in [0.2, 0.25) is 0 Å². The van der Waals surface area contributed by atoms with Crippen molar-refractivity contribution in [2.24, 2.45) is 0 Å². The Labute approximate surface area is 155 Å². The highest BCUT2D eigenvalue weighted by atomic mass is 32.2. The molecule has 1 heterocycles. The molecule has 0 aliphatic heterocycles. The number of aromatic nitrogens is 2. The average molecular weight is 376 g/mol. The standard InChI is InChI=1S/C17H20N4O4S/c1-3-25-16(23)13-9-20-17(21-15(13)18)26-10-14(22)19-8-11-5-4-6-12(7-11)24-2/h4-7,9H,3,8,10H2,1-2H3,(H,19,22)(H2,18,20,21). The monoisotopic (exact) mass is 376 g/mol. The van der Waals surface area contributed by atoms with E-state index in [0.29, 0.717) is 11.7 Å². The van der Waals surface area contributed by atoms with Crippen LogP contribution in [0, 0.1) is 0 Å². The fraction of sp³-hybridized carbons (Fsp3) is 0.294. The number of carbonyl (C=O) groups is 2. The van der Waals surface area contributed by atoms with E-state index in [1.165, 1.54) is 6.20 Å². The van der Waals surface area contributed by atoms with Gasteiger partial charge in [-0.25, -0.2) is 14.8 Å². The van der Waals surface area contributed by atoms with Gasteiger partial charge in [0.25, 0.3) is 0 Å². The number of anilines is 1. The predicted octanol–water partition coefficient (Wildman–Crippen LogP) is 1.65. The number of hydrogen-bond acceptors (Lipinski definition) is 8. The molecule has 1 aromatic carbocycles. The van der Waals surface area contributed by atoms with E-state index < -0.39 is 5.97 Å². The van der Waals surface area contributed by atoms with Crippen LogP contribution in [-0.4, -0.2) is 41.3 Å². The molecule has 0 saturated carbocycles. The molecule has 1 amide bonds. The van der Waals surface area contributed by atoms with E-state index in [-0.39, 0.29) is 29.6 Å². The molecular weight excluding hydrogens is 356 g/mol. The molecule has 8 nitrogen and oxygen atoms in total. The molecule has 2 aromatic rings. The number of hydrogen-bond donors (Lipinski definition) is 2. The molecule has 0 bridgehead atoms. The maximum absolute atomic E-state index is 12.0. The number of rotatable bonds is 8. The third-order valence-corrected chi connectivity index (χ3v) is 4.11. The summed E-state index contributed by atoms with van der Waals surface area (Å²) in [5.41, 5.74) is 6.79. The molecule has 26 heavy (non-hydrogen) atoms. The summed E-state index contributed by atoms with van der Waals surface area (Å²) in [7, 11) is 1.59. The molecule has 9 heteroatoms. The zero-order valence-corrected chi connectivity index (χ0v) is 15.3. The number of benzene rings is 1. The summed E-state index contributed by atoms with van der Waals surface area (Å²) in [5.74, 6) is 0.142. The Morgan fingerprint density at radius 2 is 2.15 bits per heavy atom. The van der Waals surface area contributed by atoms with Crippen LogP contribution >= 0.6 is 11.8 Å². The number of carbonyl (C=O) groups excluding carboxylic acids is 2. The highest BCUT2D eigenvalue weighted by Crippen LogP contribution is 2.17. The maximum Gasteiger partial charge on any atom is 0.343 e. The minimum absolute atomic E-state index is 0.0257. The molecule has 0 aliphatic carbocycles. The Kier molecular flexibility index (Phi) is 7.22. The van der Waals surface area contributed by atoms with Gasteiger partial charge in [-0.3, -0.25) is 4.79 Å². The van der Waals surface area contributed by atoms with Gasteiger partial charge in [0, 0.05) is 12.7 Å². The van der Waals surface area contributed by atoms with Crippen molar-refractivity contribution in [1.82, 2.24) is 15.3 Å². The zero-order valence-electron chi connectivity index (χ0n) is 14.5. The summed E-state index contributed by atoms with van der Waals surface area (Å²) in [5, 5.41) is 3.12. The number of esters is 1. The van der Waals surface area contributed by atoms with Gasteiger partial charge >= 0.3 is 5.97 Å². The summed E-state index contributed by atoms with van der Waals surface area (Å²) < 4.78 is 10.0. The predicted molar refractivity (Wildman–Crippen MR) is 98.0 cm³/mol. The molecule has 2 rings (SSSR count). The highest BCUT2D eigenvalue weighted by Gasteiger charge is 2.14. The summed E-state index contributed by atoms with van der Waals surface area (Å²) in [4.78, 5) is 31.7. The van der Waals surface area contributed by atoms with Crippen molar-refractivity contribution in [2.75, 3.05) is 25.2 Å². The maximum atomic E-state index is 12.0. The van der Waals surface area contributed by atoms with Gasteiger partial charge in [0.2, 0.25) is 5.91 Å². The molecule has 3 N–H and O–H groups in total. The Bertz CT molecular complexity index is 785. The lowest BCUT2D eigenvalue weighted by Crippen LogP contribution is -2.24. The molecule has 0 saturated heterocycles. The third-order valence-electron chi connectivity index (χ3n) is 3.25. The first-order chi connectivity index (χ1) is 12.5. The number of ether oxygens (including phenoxy) is 2. The van der Waals surface area contributed by atoms with Crippen molar-refractivity contribution in [3.8, 4) is 5.75 Å². The van der Waals surface area contributed by atoms with Gasteiger partial charge in [-0.15, -0.1) is 0 Å².